The first-order chi connectivity index (χ1) is 7.22. The summed E-state index contributed by atoms with van der Waals surface area (Å²) >= 11 is 3.39. The molecule has 1 aliphatic heterocycles. The van der Waals surface area contributed by atoms with Crippen molar-refractivity contribution in [3.05, 3.63) is 34.5 Å². The Morgan fingerprint density at radius 1 is 1.40 bits per heavy atom. The second-order valence-corrected chi connectivity index (χ2v) is 4.88. The molecule has 0 unspecified atom stereocenters. The Labute approximate surface area is 95.7 Å². The van der Waals surface area contributed by atoms with Crippen LogP contribution in [0.15, 0.2) is 28.9 Å². The third kappa shape index (κ3) is 1.11. The van der Waals surface area contributed by atoms with Crippen molar-refractivity contribution in [1.82, 2.24) is 4.98 Å². The number of pyridine rings is 1. The van der Waals surface area contributed by atoms with Gasteiger partial charge in [-0.05, 0) is 34.8 Å². The number of rotatable bonds is 0. The van der Waals surface area contributed by atoms with E-state index in [2.05, 4.69) is 38.4 Å². The van der Waals surface area contributed by atoms with Crippen molar-refractivity contribution in [2.75, 3.05) is 5.32 Å². The summed E-state index contributed by atoms with van der Waals surface area (Å²) in [4.78, 5) is 16.2. The van der Waals surface area contributed by atoms with Crippen molar-refractivity contribution < 1.29 is 4.79 Å². The summed E-state index contributed by atoms with van der Waals surface area (Å²) in [6, 6.07) is 1.99. The molecule has 2 aliphatic rings. The summed E-state index contributed by atoms with van der Waals surface area (Å²) in [6.07, 6.45) is 7.40. The summed E-state index contributed by atoms with van der Waals surface area (Å²) in [7, 11) is 0. The number of allylic oxidation sites excluding steroid dienone is 2. The molecule has 0 saturated heterocycles. The quantitative estimate of drug-likeness (QED) is 0.732. The lowest BCUT2D eigenvalue weighted by atomic mass is 9.80. The third-order valence-corrected chi connectivity index (χ3v) is 3.57. The molecule has 0 bridgehead atoms. The molecule has 1 aromatic heterocycles. The van der Waals surface area contributed by atoms with Gasteiger partial charge in [-0.1, -0.05) is 12.2 Å². The molecule has 3 rings (SSSR count). The Hall–Kier alpha value is -1.16. The highest BCUT2D eigenvalue weighted by Gasteiger charge is 2.47. The fraction of sp³-hybridized carbons (Fsp3) is 0.273. The van der Waals surface area contributed by atoms with Gasteiger partial charge in [0, 0.05) is 16.2 Å². The van der Waals surface area contributed by atoms with Gasteiger partial charge >= 0.3 is 0 Å². The fourth-order valence-electron chi connectivity index (χ4n) is 2.31. The van der Waals surface area contributed by atoms with Gasteiger partial charge in [0.2, 0.25) is 5.91 Å². The number of nitrogens with zero attached hydrogens (tertiary/aromatic N) is 1. The molecule has 1 aliphatic carbocycles. The largest absolute Gasteiger partial charge is 0.310 e. The van der Waals surface area contributed by atoms with Gasteiger partial charge in [0.25, 0.3) is 0 Å². The third-order valence-electron chi connectivity index (χ3n) is 3.14. The average molecular weight is 265 g/mol. The predicted molar refractivity (Wildman–Crippen MR) is 60.6 cm³/mol. The zero-order valence-electron chi connectivity index (χ0n) is 7.96. The zero-order valence-corrected chi connectivity index (χ0v) is 9.54. The molecule has 4 heteroatoms. The molecule has 3 nitrogen and oxygen atoms in total. The van der Waals surface area contributed by atoms with E-state index in [1.807, 2.05) is 6.07 Å². The summed E-state index contributed by atoms with van der Waals surface area (Å²) in [6.45, 7) is 0. The lowest BCUT2D eigenvalue weighted by molar-refractivity contribution is -0.120. The van der Waals surface area contributed by atoms with Crippen LogP contribution in [-0.4, -0.2) is 10.9 Å². The summed E-state index contributed by atoms with van der Waals surface area (Å²) in [5.74, 6) is 0.792. The second kappa shape index (κ2) is 2.92. The van der Waals surface area contributed by atoms with Crippen LogP contribution < -0.4 is 5.32 Å². The van der Waals surface area contributed by atoms with Gasteiger partial charge in [0.15, 0.2) is 0 Å². The minimum atomic E-state index is -0.383. The van der Waals surface area contributed by atoms with E-state index in [0.29, 0.717) is 5.82 Å². The SMILES string of the molecule is O=C1Nc2ncc(Br)cc2C12CC=CC2. The Morgan fingerprint density at radius 2 is 2.13 bits per heavy atom. The highest BCUT2D eigenvalue weighted by atomic mass is 79.9. The molecule has 0 atom stereocenters. The maximum atomic E-state index is 12.0. The maximum Gasteiger partial charge on any atom is 0.236 e. The average Bonchev–Trinajstić information content (AvgIpc) is 2.78. The van der Waals surface area contributed by atoms with Gasteiger partial charge in [-0.3, -0.25) is 4.79 Å². The van der Waals surface area contributed by atoms with Crippen molar-refractivity contribution in [3.63, 3.8) is 0 Å². The normalized spacial score (nSPS) is 20.7. The Balaban J connectivity index is 2.20. The Kier molecular flexibility index (Phi) is 1.77. The first kappa shape index (κ1) is 9.09. The van der Waals surface area contributed by atoms with Crippen molar-refractivity contribution in [3.8, 4) is 0 Å². The summed E-state index contributed by atoms with van der Waals surface area (Å²) < 4.78 is 0.920. The number of hydrogen-bond donors (Lipinski definition) is 1. The minimum Gasteiger partial charge on any atom is -0.310 e. The van der Waals surface area contributed by atoms with Gasteiger partial charge in [-0.25, -0.2) is 4.98 Å². The van der Waals surface area contributed by atoms with Gasteiger partial charge in [-0.2, -0.15) is 0 Å². The Bertz CT molecular complexity index is 473. The summed E-state index contributed by atoms with van der Waals surface area (Å²) in [5, 5.41) is 2.85. The second-order valence-electron chi connectivity index (χ2n) is 3.97. The molecule has 0 saturated carbocycles. The van der Waals surface area contributed by atoms with E-state index in [1.54, 1.807) is 6.20 Å². The van der Waals surface area contributed by atoms with Crippen molar-refractivity contribution in [1.29, 1.82) is 0 Å². The molecule has 1 amide bonds. The predicted octanol–water partition coefficient (Wildman–Crippen LogP) is 2.38. The van der Waals surface area contributed by atoms with E-state index in [4.69, 9.17) is 0 Å². The number of amides is 1. The lowest BCUT2D eigenvalue weighted by Crippen LogP contribution is -2.31. The minimum absolute atomic E-state index is 0.0769. The molecule has 2 heterocycles. The number of carbonyl (C=O) groups is 1. The number of anilines is 1. The van der Waals surface area contributed by atoms with E-state index < -0.39 is 0 Å². The van der Waals surface area contributed by atoms with Crippen LogP contribution >= 0.6 is 15.9 Å². The van der Waals surface area contributed by atoms with Crippen molar-refractivity contribution in [2.24, 2.45) is 0 Å². The molecule has 0 radical (unpaired) electrons. The number of nitrogens with one attached hydrogen (secondary N) is 1. The molecule has 1 spiro atoms. The van der Waals surface area contributed by atoms with Crippen LogP contribution in [0.2, 0.25) is 0 Å². The number of halogens is 1. The molecule has 1 aromatic rings. The van der Waals surface area contributed by atoms with Gasteiger partial charge in [0.05, 0.1) is 5.41 Å². The van der Waals surface area contributed by atoms with E-state index in [0.717, 1.165) is 22.9 Å². The Morgan fingerprint density at radius 3 is 2.87 bits per heavy atom. The van der Waals surface area contributed by atoms with E-state index in [1.165, 1.54) is 0 Å². The highest BCUT2D eigenvalue weighted by molar-refractivity contribution is 9.10. The molecular weight excluding hydrogens is 256 g/mol. The van der Waals surface area contributed by atoms with Crippen LogP contribution in [0.1, 0.15) is 18.4 Å². The number of fused-ring (bicyclic) bond motifs is 2. The molecule has 1 N–H and O–H groups in total. The molecule has 0 fully saturated rings. The van der Waals surface area contributed by atoms with Crippen molar-refractivity contribution in [2.45, 2.75) is 18.3 Å². The van der Waals surface area contributed by atoms with Crippen LogP contribution in [0.5, 0.6) is 0 Å². The maximum absolute atomic E-state index is 12.0. The summed E-state index contributed by atoms with van der Waals surface area (Å²) in [5.41, 5.74) is 0.637. The monoisotopic (exact) mass is 264 g/mol. The smallest absolute Gasteiger partial charge is 0.236 e. The molecule has 0 aromatic carbocycles. The fourth-order valence-corrected chi connectivity index (χ4v) is 2.64. The number of aromatic nitrogens is 1. The van der Waals surface area contributed by atoms with Crippen LogP contribution in [0.3, 0.4) is 0 Å². The molecule has 15 heavy (non-hydrogen) atoms. The van der Waals surface area contributed by atoms with Gasteiger partial charge in [-0.15, -0.1) is 0 Å². The molecule has 76 valence electrons. The van der Waals surface area contributed by atoms with E-state index in [-0.39, 0.29) is 11.3 Å². The number of hydrogen-bond acceptors (Lipinski definition) is 2. The standard InChI is InChI=1S/C11H9BrN2O/c12-7-5-8-9(13-6-7)14-10(15)11(8)3-1-2-4-11/h1-2,5-6H,3-4H2,(H,13,14,15). The van der Waals surface area contributed by atoms with Crippen LogP contribution in [0.25, 0.3) is 0 Å². The highest BCUT2D eigenvalue weighted by Crippen LogP contribution is 2.45. The number of carbonyl (C=O) groups excluding carboxylic acids is 1. The first-order valence-electron chi connectivity index (χ1n) is 4.85. The van der Waals surface area contributed by atoms with Crippen LogP contribution in [-0.2, 0) is 10.2 Å². The van der Waals surface area contributed by atoms with Crippen LogP contribution in [0.4, 0.5) is 5.82 Å². The van der Waals surface area contributed by atoms with Gasteiger partial charge in [0.1, 0.15) is 5.82 Å². The zero-order chi connectivity index (χ0) is 10.5. The van der Waals surface area contributed by atoms with E-state index >= 15 is 0 Å². The molecular formula is C11H9BrN2O. The first-order valence-corrected chi connectivity index (χ1v) is 5.64. The van der Waals surface area contributed by atoms with Gasteiger partial charge < -0.3 is 5.32 Å². The van der Waals surface area contributed by atoms with Crippen LogP contribution in [0, 0.1) is 0 Å². The van der Waals surface area contributed by atoms with E-state index in [9.17, 15) is 4.79 Å². The lowest BCUT2D eigenvalue weighted by Gasteiger charge is -2.20. The topological polar surface area (TPSA) is 42.0 Å². The van der Waals surface area contributed by atoms with Crippen molar-refractivity contribution >= 4 is 27.7 Å².